The van der Waals surface area contributed by atoms with E-state index in [2.05, 4.69) is 12.2 Å². The summed E-state index contributed by atoms with van der Waals surface area (Å²) in [5.74, 6) is 0.398. The maximum absolute atomic E-state index is 10.2. The zero-order chi connectivity index (χ0) is 15.6. The normalized spacial score (nSPS) is 10.6. The second kappa shape index (κ2) is 9.14. The number of nitrogens with one attached hydrogen (secondary N) is 1. The number of benzene rings is 2. The maximum atomic E-state index is 10.2. The predicted molar refractivity (Wildman–Crippen MR) is 94.9 cm³/mol. The molecule has 0 heterocycles. The molecule has 0 amide bonds. The molecule has 0 saturated carbocycles. The van der Waals surface area contributed by atoms with Crippen molar-refractivity contribution in [1.29, 1.82) is 0 Å². The molecule has 0 aliphatic rings. The molecule has 2 heteroatoms. The van der Waals surface area contributed by atoms with Crippen LogP contribution < -0.4 is 5.32 Å². The van der Waals surface area contributed by atoms with Crippen molar-refractivity contribution in [2.75, 3.05) is 5.32 Å². The second-order valence-electron chi connectivity index (χ2n) is 5.81. The Kier molecular flexibility index (Phi) is 6.82. The summed E-state index contributed by atoms with van der Waals surface area (Å²) in [7, 11) is 0. The summed E-state index contributed by atoms with van der Waals surface area (Å²) in [6.45, 7) is 2.24. The molecule has 0 bridgehead atoms. The van der Waals surface area contributed by atoms with E-state index in [4.69, 9.17) is 0 Å². The van der Waals surface area contributed by atoms with Gasteiger partial charge in [-0.25, -0.2) is 0 Å². The summed E-state index contributed by atoms with van der Waals surface area (Å²) in [5.41, 5.74) is 3.10. The third-order valence-electron chi connectivity index (χ3n) is 3.98. The molecule has 2 rings (SSSR count). The lowest BCUT2D eigenvalue weighted by Gasteiger charge is -2.13. The van der Waals surface area contributed by atoms with Gasteiger partial charge in [-0.2, -0.15) is 0 Å². The van der Waals surface area contributed by atoms with Crippen LogP contribution in [-0.4, -0.2) is 5.11 Å². The average Bonchev–Trinajstić information content (AvgIpc) is 2.54. The first-order chi connectivity index (χ1) is 10.8. The number of phenolic OH excluding ortho intramolecular Hbond substituents is 1. The number of anilines is 2. The molecular formula is C20H27NO. The molecule has 0 fully saturated rings. The minimum atomic E-state index is 0.398. The van der Waals surface area contributed by atoms with Crippen molar-refractivity contribution < 1.29 is 5.11 Å². The number of aromatic hydroxyl groups is 1. The molecule has 2 aromatic rings. The number of rotatable bonds is 9. The zero-order valence-electron chi connectivity index (χ0n) is 13.5. The van der Waals surface area contributed by atoms with E-state index in [1.54, 1.807) is 6.07 Å². The van der Waals surface area contributed by atoms with E-state index < -0.39 is 0 Å². The fraction of sp³-hybridized carbons (Fsp3) is 0.400. The van der Waals surface area contributed by atoms with Crippen molar-refractivity contribution in [2.45, 2.75) is 51.9 Å². The van der Waals surface area contributed by atoms with Crippen LogP contribution in [0.1, 0.15) is 51.0 Å². The van der Waals surface area contributed by atoms with Crippen LogP contribution in [0.5, 0.6) is 5.75 Å². The standard InChI is InChI=1S/C20H27NO/c1-2-3-4-5-6-10-14-18-19(15-11-16-20(18)22)21-17-12-8-7-9-13-17/h7-9,11-13,15-16,21-22H,2-6,10,14H2,1H3. The van der Waals surface area contributed by atoms with Gasteiger partial charge >= 0.3 is 0 Å². The molecule has 2 nitrogen and oxygen atoms in total. The van der Waals surface area contributed by atoms with E-state index in [9.17, 15) is 5.11 Å². The minimum absolute atomic E-state index is 0.398. The van der Waals surface area contributed by atoms with E-state index in [0.29, 0.717) is 5.75 Å². The minimum Gasteiger partial charge on any atom is -0.508 e. The van der Waals surface area contributed by atoms with Crippen LogP contribution in [0.2, 0.25) is 0 Å². The molecule has 0 aliphatic carbocycles. The summed E-state index contributed by atoms with van der Waals surface area (Å²) < 4.78 is 0. The molecule has 0 unspecified atom stereocenters. The summed E-state index contributed by atoms with van der Waals surface area (Å²) in [5, 5.41) is 13.6. The van der Waals surface area contributed by atoms with Gasteiger partial charge in [-0.15, -0.1) is 0 Å². The highest BCUT2D eigenvalue weighted by molar-refractivity contribution is 5.65. The van der Waals surface area contributed by atoms with Crippen molar-refractivity contribution in [3.8, 4) is 5.75 Å². The topological polar surface area (TPSA) is 32.3 Å². The van der Waals surface area contributed by atoms with Crippen molar-refractivity contribution in [3.63, 3.8) is 0 Å². The molecule has 0 spiro atoms. The SMILES string of the molecule is CCCCCCCCc1c(O)cccc1Nc1ccccc1. The van der Waals surface area contributed by atoms with Crippen LogP contribution in [0.15, 0.2) is 48.5 Å². The third kappa shape index (κ3) is 5.10. The smallest absolute Gasteiger partial charge is 0.120 e. The summed E-state index contributed by atoms with van der Waals surface area (Å²) in [4.78, 5) is 0. The van der Waals surface area contributed by atoms with Crippen molar-refractivity contribution >= 4 is 11.4 Å². The maximum Gasteiger partial charge on any atom is 0.120 e. The number of hydrogen-bond acceptors (Lipinski definition) is 2. The second-order valence-corrected chi connectivity index (χ2v) is 5.81. The number of para-hydroxylation sites is 1. The summed E-state index contributed by atoms with van der Waals surface area (Å²) >= 11 is 0. The number of hydrogen-bond donors (Lipinski definition) is 2. The van der Waals surface area contributed by atoms with E-state index in [1.165, 1.54) is 32.1 Å². The lowest BCUT2D eigenvalue weighted by atomic mass is 10.0. The fourth-order valence-electron chi connectivity index (χ4n) is 2.71. The lowest BCUT2D eigenvalue weighted by Crippen LogP contribution is -1.97. The molecule has 22 heavy (non-hydrogen) atoms. The Balaban J connectivity index is 1.95. The largest absolute Gasteiger partial charge is 0.508 e. The van der Waals surface area contributed by atoms with E-state index in [0.717, 1.165) is 29.8 Å². The van der Waals surface area contributed by atoms with Crippen LogP contribution >= 0.6 is 0 Å². The van der Waals surface area contributed by atoms with Crippen LogP contribution in [0.3, 0.4) is 0 Å². The Morgan fingerprint density at radius 1 is 0.818 bits per heavy atom. The van der Waals surface area contributed by atoms with E-state index in [-0.39, 0.29) is 0 Å². The highest BCUT2D eigenvalue weighted by atomic mass is 16.3. The summed E-state index contributed by atoms with van der Waals surface area (Å²) in [6, 6.07) is 15.8. The van der Waals surface area contributed by atoms with Gasteiger partial charge in [-0.3, -0.25) is 0 Å². The highest BCUT2D eigenvalue weighted by Gasteiger charge is 2.07. The summed E-state index contributed by atoms with van der Waals surface area (Å²) in [6.07, 6.45) is 8.52. The van der Waals surface area contributed by atoms with Gasteiger partial charge in [0.25, 0.3) is 0 Å². The molecular weight excluding hydrogens is 270 g/mol. The average molecular weight is 297 g/mol. The Morgan fingerprint density at radius 3 is 2.32 bits per heavy atom. The van der Waals surface area contributed by atoms with Gasteiger partial charge in [0.15, 0.2) is 0 Å². The van der Waals surface area contributed by atoms with Gasteiger partial charge in [0.05, 0.1) is 0 Å². The van der Waals surface area contributed by atoms with Gasteiger partial charge < -0.3 is 10.4 Å². The van der Waals surface area contributed by atoms with Crippen molar-refractivity contribution in [1.82, 2.24) is 0 Å². The molecule has 0 aromatic heterocycles. The molecule has 2 N–H and O–H groups in total. The Morgan fingerprint density at radius 2 is 1.55 bits per heavy atom. The zero-order valence-corrected chi connectivity index (χ0v) is 13.5. The van der Waals surface area contributed by atoms with E-state index >= 15 is 0 Å². The van der Waals surface area contributed by atoms with Crippen molar-refractivity contribution in [2.24, 2.45) is 0 Å². The van der Waals surface area contributed by atoms with Crippen LogP contribution in [-0.2, 0) is 6.42 Å². The van der Waals surface area contributed by atoms with Gasteiger partial charge in [0.2, 0.25) is 0 Å². The molecule has 0 radical (unpaired) electrons. The van der Waals surface area contributed by atoms with Crippen molar-refractivity contribution in [3.05, 3.63) is 54.1 Å². The lowest BCUT2D eigenvalue weighted by molar-refractivity contribution is 0.466. The number of phenols is 1. The molecule has 2 aromatic carbocycles. The van der Waals surface area contributed by atoms with Crippen LogP contribution in [0.25, 0.3) is 0 Å². The van der Waals surface area contributed by atoms with Gasteiger partial charge in [0.1, 0.15) is 5.75 Å². The van der Waals surface area contributed by atoms with Gasteiger partial charge in [-0.05, 0) is 37.1 Å². The Hall–Kier alpha value is -1.96. The van der Waals surface area contributed by atoms with Gasteiger partial charge in [-0.1, -0.05) is 63.3 Å². The molecule has 0 aliphatic heterocycles. The predicted octanol–water partition coefficient (Wildman–Crippen LogP) is 6.04. The number of unbranched alkanes of at least 4 members (excludes halogenated alkanes) is 5. The van der Waals surface area contributed by atoms with Gasteiger partial charge in [0, 0.05) is 16.9 Å². The first-order valence-electron chi connectivity index (χ1n) is 8.44. The fourth-order valence-corrected chi connectivity index (χ4v) is 2.71. The van der Waals surface area contributed by atoms with E-state index in [1.807, 2.05) is 42.5 Å². The Labute approximate surface area is 134 Å². The third-order valence-corrected chi connectivity index (χ3v) is 3.98. The highest BCUT2D eigenvalue weighted by Crippen LogP contribution is 2.29. The molecule has 0 saturated heterocycles. The Bertz CT molecular complexity index is 551. The molecule has 0 atom stereocenters. The molecule has 118 valence electrons. The van der Waals surface area contributed by atoms with Crippen LogP contribution in [0.4, 0.5) is 11.4 Å². The quantitative estimate of drug-likeness (QED) is 0.553. The first-order valence-corrected chi connectivity index (χ1v) is 8.44. The van der Waals surface area contributed by atoms with Crippen LogP contribution in [0, 0.1) is 0 Å². The monoisotopic (exact) mass is 297 g/mol. The first kappa shape index (κ1) is 16.4.